The molecule has 0 saturated carbocycles. The number of hydrogen-bond donors (Lipinski definition) is 1. The molecule has 30 heavy (non-hydrogen) atoms. The van der Waals surface area contributed by atoms with Crippen molar-refractivity contribution in [2.75, 3.05) is 6.54 Å². The molecule has 4 aromatic heterocycles. The number of aromatic amines is 1. The number of oxazole rings is 1. The molecule has 8 nitrogen and oxygen atoms in total. The number of carbonyl (C=O) groups excluding carboxylic acids is 1. The highest BCUT2D eigenvalue weighted by atomic mass is 31.0. The summed E-state index contributed by atoms with van der Waals surface area (Å²) in [7, 11) is 2.00. The number of halogens is 1. The third-order valence-corrected chi connectivity index (χ3v) is 5.78. The lowest BCUT2D eigenvalue weighted by molar-refractivity contribution is 0.0651. The van der Waals surface area contributed by atoms with E-state index in [1.165, 1.54) is 0 Å². The fourth-order valence-electron chi connectivity index (χ4n) is 4.03. The van der Waals surface area contributed by atoms with Crippen LogP contribution >= 0.6 is 9.24 Å². The molecule has 1 N–H and O–H groups in total. The van der Waals surface area contributed by atoms with Gasteiger partial charge in [0.15, 0.2) is 12.3 Å². The normalized spacial score (nSPS) is 17.3. The van der Waals surface area contributed by atoms with Crippen LogP contribution in [-0.4, -0.2) is 41.9 Å². The number of amides is 1. The molecule has 0 radical (unpaired) electrons. The summed E-state index contributed by atoms with van der Waals surface area (Å²) in [6, 6.07) is 7.44. The molecule has 1 amide bonds. The average molecular weight is 426 g/mol. The fraction of sp³-hybridized carbons (Fsp3) is 0.300. The summed E-state index contributed by atoms with van der Waals surface area (Å²) >= 11 is 0. The van der Waals surface area contributed by atoms with E-state index in [0.29, 0.717) is 18.7 Å². The molecule has 2 unspecified atom stereocenters. The zero-order chi connectivity index (χ0) is 20.8. The summed E-state index contributed by atoms with van der Waals surface area (Å²) in [6.07, 6.45) is 4.15. The van der Waals surface area contributed by atoms with Crippen molar-refractivity contribution in [3.05, 3.63) is 71.2 Å². The van der Waals surface area contributed by atoms with Gasteiger partial charge in [0.1, 0.15) is 11.7 Å². The summed E-state index contributed by atoms with van der Waals surface area (Å²) in [5.74, 6) is -2.02. The number of aryl methyl sites for hydroxylation is 1. The number of aromatic nitrogens is 5. The Morgan fingerprint density at radius 3 is 3.10 bits per heavy atom. The molecule has 0 bridgehead atoms. The minimum atomic E-state index is -1.49. The number of pyridine rings is 1. The molecule has 0 spiro atoms. The Balaban J connectivity index is 1.63. The highest BCUT2D eigenvalue weighted by Crippen LogP contribution is 2.36. The number of hydrogen-bond acceptors (Lipinski definition) is 5. The van der Waals surface area contributed by atoms with E-state index < -0.39 is 17.9 Å². The van der Waals surface area contributed by atoms with Crippen LogP contribution in [0.5, 0.6) is 0 Å². The van der Waals surface area contributed by atoms with Crippen LogP contribution in [0.3, 0.4) is 0 Å². The molecule has 0 aromatic carbocycles. The average Bonchev–Trinajstić information content (AvgIpc) is 3.50. The number of fused-ring (bicyclic) bond motifs is 2. The molecular formula is C20H20FN6O2P. The lowest BCUT2D eigenvalue weighted by atomic mass is 9.99. The van der Waals surface area contributed by atoms with Crippen molar-refractivity contribution in [3.8, 4) is 0 Å². The van der Waals surface area contributed by atoms with Crippen LogP contribution < -0.4 is 0 Å². The third-order valence-electron chi connectivity index (χ3n) is 5.46. The van der Waals surface area contributed by atoms with E-state index in [1.54, 1.807) is 11.2 Å². The topological polar surface area (TPSA) is 92.3 Å². The molecule has 4 aromatic rings. The van der Waals surface area contributed by atoms with Gasteiger partial charge >= 0.3 is 0 Å². The Kier molecular flexibility index (Phi) is 4.62. The van der Waals surface area contributed by atoms with Crippen molar-refractivity contribution in [1.29, 1.82) is 0 Å². The smallest absolute Gasteiger partial charge is 0.292 e. The molecule has 0 fully saturated rings. The number of H-pyrrole nitrogens is 1. The minimum Gasteiger partial charge on any atom is -0.438 e. The minimum absolute atomic E-state index is 0.0279. The molecule has 1 aliphatic rings. The Morgan fingerprint density at radius 2 is 2.30 bits per heavy atom. The van der Waals surface area contributed by atoms with Gasteiger partial charge in [0.05, 0.1) is 23.2 Å². The summed E-state index contributed by atoms with van der Waals surface area (Å²) in [5, 5.41) is 4.80. The van der Waals surface area contributed by atoms with E-state index in [2.05, 4.69) is 21.9 Å². The lowest BCUT2D eigenvalue weighted by Gasteiger charge is -2.33. The Bertz CT molecular complexity index is 1230. The number of imidazole rings is 1. The molecule has 154 valence electrons. The van der Waals surface area contributed by atoms with Gasteiger partial charge in [-0.25, -0.2) is 18.9 Å². The number of nitrogens with one attached hydrogen (secondary N) is 1. The molecule has 10 heteroatoms. The predicted octanol–water partition coefficient (Wildman–Crippen LogP) is 3.24. The number of alkyl halides is 1. The van der Waals surface area contributed by atoms with Crippen LogP contribution in [0.2, 0.25) is 0 Å². The van der Waals surface area contributed by atoms with Crippen molar-refractivity contribution in [3.63, 3.8) is 0 Å². The van der Waals surface area contributed by atoms with Gasteiger partial charge in [0.2, 0.25) is 5.76 Å². The van der Waals surface area contributed by atoms with Gasteiger partial charge < -0.3 is 14.3 Å². The van der Waals surface area contributed by atoms with E-state index in [9.17, 15) is 9.18 Å². The van der Waals surface area contributed by atoms with E-state index in [0.717, 1.165) is 35.4 Å². The molecule has 0 aliphatic carbocycles. The lowest BCUT2D eigenvalue weighted by Crippen LogP contribution is -2.41. The van der Waals surface area contributed by atoms with Crippen molar-refractivity contribution < 1.29 is 13.6 Å². The number of nitrogens with zero attached hydrogens (tertiary/aromatic N) is 5. The Hall–Kier alpha value is -3.06. The molecule has 3 atom stereocenters. The van der Waals surface area contributed by atoms with Crippen LogP contribution in [0.4, 0.5) is 4.39 Å². The zero-order valence-electron chi connectivity index (χ0n) is 16.2. The second-order valence-electron chi connectivity index (χ2n) is 7.16. The second kappa shape index (κ2) is 7.32. The maximum Gasteiger partial charge on any atom is 0.292 e. The monoisotopic (exact) mass is 426 g/mol. The third kappa shape index (κ3) is 2.92. The van der Waals surface area contributed by atoms with Crippen molar-refractivity contribution in [1.82, 2.24) is 29.5 Å². The fourth-order valence-corrected chi connectivity index (χ4v) is 4.27. The van der Waals surface area contributed by atoms with E-state index >= 15 is 0 Å². The molecule has 5 heterocycles. The summed E-state index contributed by atoms with van der Waals surface area (Å²) < 4.78 is 21.1. The zero-order valence-corrected chi connectivity index (χ0v) is 17.4. The first-order chi connectivity index (χ1) is 14.6. The number of carbonyl (C=O) groups is 1. The maximum atomic E-state index is 13.9. The first kappa shape index (κ1) is 18.9. The molecule has 0 saturated heterocycles. The highest BCUT2D eigenvalue weighted by Gasteiger charge is 2.38. The molecule has 5 rings (SSSR count). The van der Waals surface area contributed by atoms with Gasteiger partial charge in [-0.2, -0.15) is 5.10 Å². The molecular weight excluding hydrogens is 406 g/mol. The Labute approximate surface area is 173 Å². The van der Waals surface area contributed by atoms with Gasteiger partial charge in [0.25, 0.3) is 5.91 Å². The number of rotatable bonds is 4. The van der Waals surface area contributed by atoms with E-state index in [1.807, 2.05) is 38.0 Å². The van der Waals surface area contributed by atoms with Crippen LogP contribution in [0.1, 0.15) is 57.9 Å². The van der Waals surface area contributed by atoms with Gasteiger partial charge in [-0.05, 0) is 24.6 Å². The second-order valence-corrected chi connectivity index (χ2v) is 7.75. The quantitative estimate of drug-likeness (QED) is 0.506. The van der Waals surface area contributed by atoms with Crippen LogP contribution in [0, 0.1) is 0 Å². The van der Waals surface area contributed by atoms with E-state index in [4.69, 9.17) is 9.52 Å². The van der Waals surface area contributed by atoms with Crippen LogP contribution in [0.15, 0.2) is 41.4 Å². The van der Waals surface area contributed by atoms with Crippen molar-refractivity contribution >= 4 is 20.7 Å². The van der Waals surface area contributed by atoms with Gasteiger partial charge in [-0.15, -0.1) is 0 Å². The predicted molar refractivity (Wildman–Crippen MR) is 110 cm³/mol. The maximum absolute atomic E-state index is 13.9. The highest BCUT2D eigenvalue weighted by molar-refractivity contribution is 7.16. The summed E-state index contributed by atoms with van der Waals surface area (Å²) in [5.41, 5.74) is 4.37. The van der Waals surface area contributed by atoms with E-state index in [-0.39, 0.29) is 11.5 Å². The van der Waals surface area contributed by atoms with Crippen LogP contribution in [0.25, 0.3) is 5.52 Å². The standard InChI is InChI=1S/C20H20FN6O2P/c1-2-11-4-3-5-12-8-14(25-27(11)12)17-15-13(22-9-23-15)6-7-26(17)20(28)18-16(19(21)30)24-10-29-18/h3-5,8-10,17,19H,2,6-7,30H2,1H3,(H,22,23)/t17-,19?/m1/s1. The first-order valence-corrected chi connectivity index (χ1v) is 10.4. The Morgan fingerprint density at radius 1 is 1.43 bits per heavy atom. The summed E-state index contributed by atoms with van der Waals surface area (Å²) in [6.45, 7) is 2.49. The van der Waals surface area contributed by atoms with Crippen molar-refractivity contribution in [2.45, 2.75) is 31.7 Å². The van der Waals surface area contributed by atoms with Gasteiger partial charge in [-0.3, -0.25) is 4.79 Å². The summed E-state index contributed by atoms with van der Waals surface area (Å²) in [4.78, 5) is 26.5. The van der Waals surface area contributed by atoms with Gasteiger partial charge in [-0.1, -0.05) is 22.2 Å². The first-order valence-electron chi connectivity index (χ1n) is 9.72. The van der Waals surface area contributed by atoms with Crippen LogP contribution in [-0.2, 0) is 12.8 Å². The van der Waals surface area contributed by atoms with Crippen molar-refractivity contribution in [2.24, 2.45) is 0 Å². The van der Waals surface area contributed by atoms with Gasteiger partial charge in [0, 0.05) is 24.4 Å². The largest absolute Gasteiger partial charge is 0.438 e. The SMILES string of the molecule is CCc1cccc2cc([C@@H]3c4nc[nH]c4CCN3C(=O)c3ocnc3C(F)P)nn12. The molecule has 1 aliphatic heterocycles.